The van der Waals surface area contributed by atoms with Crippen LogP contribution >= 0.6 is 24.0 Å². The van der Waals surface area contributed by atoms with Crippen LogP contribution in [0.5, 0.6) is 0 Å². The Morgan fingerprint density at radius 3 is 2.60 bits per heavy atom. The summed E-state index contributed by atoms with van der Waals surface area (Å²) < 4.78 is 12.9. The molecule has 2 aromatic rings. The number of furan rings is 1. The van der Waals surface area contributed by atoms with Gasteiger partial charge in [0.05, 0.1) is 6.54 Å². The van der Waals surface area contributed by atoms with E-state index >= 15 is 0 Å². The molecule has 30 heavy (non-hydrogen) atoms. The number of aliphatic imine (C=N–C) groups is 1. The number of hydrogen-bond acceptors (Lipinski definition) is 6. The van der Waals surface area contributed by atoms with Gasteiger partial charge in [-0.15, -0.1) is 34.2 Å². The minimum absolute atomic E-state index is 0. The van der Waals surface area contributed by atoms with Crippen molar-refractivity contribution < 1.29 is 14.3 Å². The van der Waals surface area contributed by atoms with Gasteiger partial charge < -0.3 is 29.5 Å². The monoisotopic (exact) mass is 534 g/mol. The Balaban J connectivity index is 0.00000450. The molecule has 2 aromatic heterocycles. The summed E-state index contributed by atoms with van der Waals surface area (Å²) in [4.78, 5) is 4.61. The summed E-state index contributed by atoms with van der Waals surface area (Å²) >= 11 is 0. The summed E-state index contributed by atoms with van der Waals surface area (Å²) in [5, 5.41) is 25.7. The van der Waals surface area contributed by atoms with Crippen molar-refractivity contribution in [1.29, 1.82) is 0 Å². The van der Waals surface area contributed by atoms with Crippen LogP contribution in [0.4, 0.5) is 0 Å². The Kier molecular flexibility index (Phi) is 10.8. The molecule has 0 radical (unpaired) electrons. The highest BCUT2D eigenvalue weighted by Gasteiger charge is 2.28. The van der Waals surface area contributed by atoms with E-state index in [1.807, 2.05) is 45.4 Å². The highest BCUT2D eigenvalue weighted by Crippen LogP contribution is 2.26. The second kappa shape index (κ2) is 12.3. The van der Waals surface area contributed by atoms with Crippen molar-refractivity contribution in [1.82, 2.24) is 25.4 Å². The normalized spacial score (nSPS) is 13.6. The lowest BCUT2D eigenvalue weighted by molar-refractivity contribution is 0.0601. The van der Waals surface area contributed by atoms with E-state index in [0.29, 0.717) is 38.0 Å². The molecule has 0 fully saturated rings. The molecule has 1 unspecified atom stereocenters. The third kappa shape index (κ3) is 7.55. The van der Waals surface area contributed by atoms with Gasteiger partial charge in [-0.3, -0.25) is 0 Å². The molecule has 9 nitrogen and oxygen atoms in total. The number of hydrogen-bond donors (Lipinski definition) is 3. The number of nitrogens with one attached hydrogen (secondary N) is 2. The highest BCUT2D eigenvalue weighted by atomic mass is 127. The Morgan fingerprint density at radius 1 is 1.30 bits per heavy atom. The molecule has 0 saturated heterocycles. The first-order chi connectivity index (χ1) is 13.7. The van der Waals surface area contributed by atoms with Gasteiger partial charge in [-0.25, -0.2) is 4.99 Å². The average Bonchev–Trinajstić information content (AvgIpc) is 3.18. The van der Waals surface area contributed by atoms with E-state index in [-0.39, 0.29) is 30.5 Å². The molecule has 3 N–H and O–H groups in total. The maximum Gasteiger partial charge on any atom is 0.191 e. The molecular formula is C20H35IN6O3. The first kappa shape index (κ1) is 26.4. The van der Waals surface area contributed by atoms with Gasteiger partial charge in [0.2, 0.25) is 0 Å². The highest BCUT2D eigenvalue weighted by molar-refractivity contribution is 14.0. The molecule has 0 aliphatic carbocycles. The van der Waals surface area contributed by atoms with E-state index in [0.717, 1.165) is 29.4 Å². The maximum absolute atomic E-state index is 11.0. The van der Waals surface area contributed by atoms with Gasteiger partial charge in [-0.1, -0.05) is 0 Å². The summed E-state index contributed by atoms with van der Waals surface area (Å²) in [6, 6.07) is 1.87. The van der Waals surface area contributed by atoms with Gasteiger partial charge in [-0.05, 0) is 47.1 Å². The number of rotatable bonds is 10. The zero-order chi connectivity index (χ0) is 21.4. The minimum Gasteiger partial charge on any atom is -0.466 e. The lowest BCUT2D eigenvalue weighted by atomic mass is 9.96. The molecule has 170 valence electrons. The lowest BCUT2D eigenvalue weighted by Gasteiger charge is -2.24. The quantitative estimate of drug-likeness (QED) is 0.186. The van der Waals surface area contributed by atoms with Crippen LogP contribution in [0.1, 0.15) is 49.0 Å². The van der Waals surface area contributed by atoms with Crippen molar-refractivity contribution >= 4 is 29.9 Å². The molecule has 0 aromatic carbocycles. The van der Waals surface area contributed by atoms with E-state index in [2.05, 4.69) is 25.8 Å². The van der Waals surface area contributed by atoms with Crippen LogP contribution in [0.25, 0.3) is 0 Å². The first-order valence-electron chi connectivity index (χ1n) is 9.99. The maximum atomic E-state index is 11.0. The standard InChI is InChI=1S/C20H34N6O3.HI/c1-7-28-10-8-9-21-19(22-12-18-25-24-16(4)26(18)6)23-13-20(5,27)17-11-14(2)29-15(17)3;/h11,27H,7-10,12-13H2,1-6H3,(H2,21,22,23);1H. The summed E-state index contributed by atoms with van der Waals surface area (Å²) in [6.07, 6.45) is 0.855. The predicted molar refractivity (Wildman–Crippen MR) is 127 cm³/mol. The van der Waals surface area contributed by atoms with E-state index in [1.165, 1.54) is 0 Å². The van der Waals surface area contributed by atoms with Gasteiger partial charge in [0.15, 0.2) is 11.8 Å². The molecule has 0 bridgehead atoms. The van der Waals surface area contributed by atoms with Crippen molar-refractivity contribution in [2.24, 2.45) is 12.0 Å². The van der Waals surface area contributed by atoms with E-state index in [9.17, 15) is 5.11 Å². The van der Waals surface area contributed by atoms with Gasteiger partial charge in [0, 0.05) is 32.4 Å². The second-order valence-corrected chi connectivity index (χ2v) is 7.32. The third-order valence-corrected chi connectivity index (χ3v) is 4.74. The number of aliphatic hydroxyl groups is 1. The van der Waals surface area contributed by atoms with Crippen LogP contribution in [0.2, 0.25) is 0 Å². The summed E-state index contributed by atoms with van der Waals surface area (Å²) in [5.41, 5.74) is -0.334. The molecule has 10 heteroatoms. The van der Waals surface area contributed by atoms with Gasteiger partial charge in [-0.2, -0.15) is 0 Å². The number of ether oxygens (including phenoxy) is 1. The van der Waals surface area contributed by atoms with Crippen LogP contribution in [0, 0.1) is 20.8 Å². The number of guanidine groups is 1. The van der Waals surface area contributed by atoms with E-state index in [1.54, 1.807) is 6.92 Å². The number of aromatic nitrogens is 3. The summed E-state index contributed by atoms with van der Waals surface area (Å²) in [6.45, 7) is 12.1. The number of halogens is 1. The largest absolute Gasteiger partial charge is 0.466 e. The second-order valence-electron chi connectivity index (χ2n) is 7.32. The lowest BCUT2D eigenvalue weighted by Crippen LogP contribution is -2.45. The molecule has 2 heterocycles. The number of nitrogens with zero attached hydrogens (tertiary/aromatic N) is 4. The zero-order valence-corrected chi connectivity index (χ0v) is 21.1. The molecule has 0 saturated carbocycles. The van der Waals surface area contributed by atoms with Crippen LogP contribution in [-0.2, 0) is 23.9 Å². The third-order valence-electron chi connectivity index (χ3n) is 4.74. The summed E-state index contributed by atoms with van der Waals surface area (Å²) in [7, 11) is 1.91. The molecule has 0 spiro atoms. The summed E-state index contributed by atoms with van der Waals surface area (Å²) in [5.74, 6) is 3.69. The van der Waals surface area contributed by atoms with Crippen LogP contribution in [-0.4, -0.2) is 52.1 Å². The molecule has 1 atom stereocenters. The number of aryl methyl sites for hydroxylation is 3. The van der Waals surface area contributed by atoms with Crippen molar-refractivity contribution in [3.63, 3.8) is 0 Å². The van der Waals surface area contributed by atoms with Crippen LogP contribution < -0.4 is 10.6 Å². The zero-order valence-electron chi connectivity index (χ0n) is 18.8. The fourth-order valence-electron chi connectivity index (χ4n) is 2.95. The SMILES string of the molecule is CCOCCCNC(=NCc1nnc(C)n1C)NCC(C)(O)c1cc(C)oc1C.I. The molecule has 0 aliphatic heterocycles. The Bertz CT molecular complexity index is 816. The van der Waals surface area contributed by atoms with Crippen LogP contribution in [0.3, 0.4) is 0 Å². The smallest absolute Gasteiger partial charge is 0.191 e. The fraction of sp³-hybridized carbons (Fsp3) is 0.650. The van der Waals surface area contributed by atoms with Crippen molar-refractivity contribution in [3.8, 4) is 0 Å². The predicted octanol–water partition coefficient (Wildman–Crippen LogP) is 2.32. The molecule has 2 rings (SSSR count). The molecule has 0 aliphatic rings. The minimum atomic E-state index is -1.10. The average molecular weight is 534 g/mol. The van der Waals surface area contributed by atoms with Gasteiger partial charge in [0.1, 0.15) is 29.5 Å². The van der Waals surface area contributed by atoms with Crippen LogP contribution in [0.15, 0.2) is 15.5 Å². The fourth-order valence-corrected chi connectivity index (χ4v) is 2.95. The molecule has 0 amide bonds. The van der Waals surface area contributed by atoms with E-state index < -0.39 is 5.60 Å². The van der Waals surface area contributed by atoms with Crippen molar-refractivity contribution in [2.45, 2.75) is 53.2 Å². The van der Waals surface area contributed by atoms with E-state index in [4.69, 9.17) is 9.15 Å². The first-order valence-corrected chi connectivity index (χ1v) is 9.99. The van der Waals surface area contributed by atoms with Crippen molar-refractivity contribution in [2.75, 3.05) is 26.3 Å². The van der Waals surface area contributed by atoms with Crippen molar-refractivity contribution in [3.05, 3.63) is 34.8 Å². The van der Waals surface area contributed by atoms with Gasteiger partial charge >= 0.3 is 0 Å². The Hall–Kier alpha value is -1.66. The Morgan fingerprint density at radius 2 is 2.03 bits per heavy atom. The molecular weight excluding hydrogens is 499 g/mol. The topological polar surface area (TPSA) is 110 Å². The Labute approximate surface area is 195 Å². The van der Waals surface area contributed by atoms with Gasteiger partial charge in [0.25, 0.3) is 0 Å².